The molecular formula is C8H9NY-2. The van der Waals surface area contributed by atoms with Crippen LogP contribution in [0.25, 0.3) is 0 Å². The zero-order chi connectivity index (χ0) is 6.69. The van der Waals surface area contributed by atoms with Crippen molar-refractivity contribution in [2.45, 2.75) is 0 Å². The van der Waals surface area contributed by atoms with E-state index in [4.69, 9.17) is 0 Å². The molecule has 1 rings (SSSR count). The molecule has 1 nitrogen and oxygen atoms in total. The molecule has 1 N–H and O–H groups in total. The number of rotatable bonds is 1. The SMILES string of the molecule is [CH2-]Nc1ccccc1[CH2-].[Y]. The summed E-state index contributed by atoms with van der Waals surface area (Å²) in [5.41, 5.74) is 1.96. The van der Waals surface area contributed by atoms with Gasteiger partial charge in [-0.2, -0.15) is 18.6 Å². The maximum atomic E-state index is 3.79. The molecule has 0 atom stereocenters. The van der Waals surface area contributed by atoms with E-state index in [1.165, 1.54) is 0 Å². The van der Waals surface area contributed by atoms with Gasteiger partial charge in [-0.15, -0.1) is 6.07 Å². The van der Waals surface area contributed by atoms with Crippen molar-refractivity contribution in [1.29, 1.82) is 0 Å². The molecule has 0 saturated heterocycles. The number of hydrogen-bond acceptors (Lipinski definition) is 1. The van der Waals surface area contributed by atoms with Crippen molar-refractivity contribution in [3.63, 3.8) is 0 Å². The van der Waals surface area contributed by atoms with Crippen LogP contribution in [0.5, 0.6) is 0 Å². The predicted octanol–water partition coefficient (Wildman–Crippen LogP) is 2.07. The molecule has 0 aliphatic rings. The van der Waals surface area contributed by atoms with Crippen LogP contribution < -0.4 is 5.32 Å². The summed E-state index contributed by atoms with van der Waals surface area (Å²) in [5, 5.41) is 2.78. The molecule has 0 aromatic heterocycles. The monoisotopic (exact) mass is 208 g/mol. The third kappa shape index (κ3) is 2.32. The first-order valence-corrected chi connectivity index (χ1v) is 2.78. The standard InChI is InChI=1S/C8H9N.Y/c1-7-5-3-4-6-8(7)9-2;/h3-6,9H,1-2H2;/q-2;. The van der Waals surface area contributed by atoms with E-state index in [2.05, 4.69) is 19.3 Å². The molecule has 2 heteroatoms. The molecule has 0 unspecified atom stereocenters. The molecule has 0 spiro atoms. The average Bonchev–Trinajstić information content (AvgIpc) is 1.89. The van der Waals surface area contributed by atoms with Gasteiger partial charge < -0.3 is 5.32 Å². The Balaban J connectivity index is 0.000000810. The number of hydrogen-bond donors (Lipinski definition) is 1. The van der Waals surface area contributed by atoms with E-state index in [-0.39, 0.29) is 32.7 Å². The van der Waals surface area contributed by atoms with Crippen LogP contribution in [0.2, 0.25) is 0 Å². The maximum Gasteiger partial charge on any atom is 0 e. The summed E-state index contributed by atoms with van der Waals surface area (Å²) in [4.78, 5) is 0. The number of benzene rings is 1. The molecule has 0 bridgehead atoms. The predicted molar refractivity (Wildman–Crippen MR) is 39.9 cm³/mol. The zero-order valence-corrected chi connectivity index (χ0v) is 8.64. The summed E-state index contributed by atoms with van der Waals surface area (Å²) < 4.78 is 0. The van der Waals surface area contributed by atoms with Crippen molar-refractivity contribution in [1.82, 2.24) is 0 Å². The molecule has 1 radical (unpaired) electrons. The minimum Gasteiger partial charge on any atom is -0.590 e. The van der Waals surface area contributed by atoms with Gasteiger partial charge in [0.2, 0.25) is 0 Å². The molecule has 0 fully saturated rings. The molecule has 0 heterocycles. The van der Waals surface area contributed by atoms with Crippen molar-refractivity contribution in [3.05, 3.63) is 43.8 Å². The van der Waals surface area contributed by atoms with Gasteiger partial charge in [-0.25, -0.2) is 0 Å². The molecule has 0 amide bonds. The van der Waals surface area contributed by atoms with Crippen molar-refractivity contribution in [2.75, 3.05) is 5.32 Å². The Bertz CT molecular complexity index is 198. The molecular weight excluding hydrogens is 199 g/mol. The van der Waals surface area contributed by atoms with Crippen LogP contribution in [0.4, 0.5) is 5.69 Å². The second kappa shape index (κ2) is 4.76. The van der Waals surface area contributed by atoms with E-state index in [0.29, 0.717) is 0 Å². The first-order chi connectivity index (χ1) is 4.34. The first-order valence-electron chi connectivity index (χ1n) is 2.78. The van der Waals surface area contributed by atoms with Crippen molar-refractivity contribution < 1.29 is 32.7 Å². The minimum absolute atomic E-state index is 0. The summed E-state index contributed by atoms with van der Waals surface area (Å²) in [7, 11) is 3.53. The van der Waals surface area contributed by atoms with Gasteiger partial charge in [-0.1, -0.05) is 17.8 Å². The van der Waals surface area contributed by atoms with Crippen molar-refractivity contribution in [3.8, 4) is 0 Å². The topological polar surface area (TPSA) is 12.0 Å². The Labute approximate surface area is 87.1 Å². The Morgan fingerprint density at radius 2 is 1.80 bits per heavy atom. The fourth-order valence-electron chi connectivity index (χ4n) is 0.693. The van der Waals surface area contributed by atoms with E-state index < -0.39 is 0 Å². The van der Waals surface area contributed by atoms with Gasteiger partial charge in [0.1, 0.15) is 0 Å². The van der Waals surface area contributed by atoms with E-state index in [0.717, 1.165) is 11.3 Å². The molecule has 51 valence electrons. The summed E-state index contributed by atoms with van der Waals surface area (Å²) in [6.45, 7) is 3.79. The second-order valence-corrected chi connectivity index (χ2v) is 1.83. The summed E-state index contributed by atoms with van der Waals surface area (Å²) in [5.74, 6) is 0. The number of anilines is 1. The number of para-hydroxylation sites is 1. The van der Waals surface area contributed by atoms with Crippen LogP contribution in [-0.4, -0.2) is 0 Å². The maximum absolute atomic E-state index is 3.79. The Kier molecular flexibility index (Phi) is 4.75. The molecule has 1 aromatic carbocycles. The van der Waals surface area contributed by atoms with Crippen LogP contribution >= 0.6 is 0 Å². The van der Waals surface area contributed by atoms with Gasteiger partial charge in [-0.05, 0) is 0 Å². The fourth-order valence-corrected chi connectivity index (χ4v) is 0.693. The molecule has 1 aromatic rings. The van der Waals surface area contributed by atoms with Crippen LogP contribution in [0.1, 0.15) is 5.56 Å². The quantitative estimate of drug-likeness (QED) is 0.696. The van der Waals surface area contributed by atoms with E-state index in [9.17, 15) is 0 Å². The van der Waals surface area contributed by atoms with Crippen LogP contribution in [0.15, 0.2) is 24.3 Å². The smallest absolute Gasteiger partial charge is 0 e. The van der Waals surface area contributed by atoms with Gasteiger partial charge >= 0.3 is 0 Å². The normalized spacial score (nSPS) is 8.10. The van der Waals surface area contributed by atoms with E-state index in [1.807, 2.05) is 24.3 Å². The van der Waals surface area contributed by atoms with E-state index in [1.54, 1.807) is 0 Å². The third-order valence-corrected chi connectivity index (χ3v) is 1.21. The first kappa shape index (κ1) is 9.99. The summed E-state index contributed by atoms with van der Waals surface area (Å²) >= 11 is 0. The van der Waals surface area contributed by atoms with Crippen LogP contribution in [0.3, 0.4) is 0 Å². The van der Waals surface area contributed by atoms with Gasteiger partial charge in [0, 0.05) is 32.7 Å². The average molecular weight is 208 g/mol. The van der Waals surface area contributed by atoms with Crippen molar-refractivity contribution in [2.24, 2.45) is 0 Å². The molecule has 0 saturated carbocycles. The van der Waals surface area contributed by atoms with Crippen LogP contribution in [-0.2, 0) is 32.7 Å². The summed E-state index contributed by atoms with van der Waals surface area (Å²) in [6, 6.07) is 7.77. The molecule has 0 aliphatic carbocycles. The van der Waals surface area contributed by atoms with E-state index >= 15 is 0 Å². The number of nitrogens with one attached hydrogen (secondary N) is 1. The largest absolute Gasteiger partial charge is 0.590 e. The van der Waals surface area contributed by atoms with Gasteiger partial charge in [0.25, 0.3) is 0 Å². The van der Waals surface area contributed by atoms with Crippen LogP contribution in [0, 0.1) is 14.0 Å². The molecule has 0 aliphatic heterocycles. The Hall–Kier alpha value is -0.00610. The zero-order valence-electron chi connectivity index (χ0n) is 5.80. The van der Waals surface area contributed by atoms with Crippen molar-refractivity contribution >= 4 is 5.69 Å². The van der Waals surface area contributed by atoms with Gasteiger partial charge in [0.05, 0.1) is 0 Å². The summed E-state index contributed by atoms with van der Waals surface area (Å²) in [6.07, 6.45) is 0. The Morgan fingerprint density at radius 1 is 1.20 bits per heavy atom. The third-order valence-electron chi connectivity index (χ3n) is 1.21. The van der Waals surface area contributed by atoms with Gasteiger partial charge in [-0.3, -0.25) is 7.05 Å². The fraction of sp³-hybridized carbons (Fsp3) is 0. The Morgan fingerprint density at radius 3 is 2.20 bits per heavy atom. The van der Waals surface area contributed by atoms with Gasteiger partial charge in [0.15, 0.2) is 0 Å². The minimum atomic E-state index is 0. The molecule has 10 heavy (non-hydrogen) atoms. The second-order valence-electron chi connectivity index (χ2n) is 1.83.